The third-order valence-corrected chi connectivity index (χ3v) is 2.30. The molecule has 0 bridgehead atoms. The molecule has 1 aliphatic heterocycles. The highest BCUT2D eigenvalue weighted by Crippen LogP contribution is 2.03. The Kier molecular flexibility index (Phi) is 5.37. The summed E-state index contributed by atoms with van der Waals surface area (Å²) in [5.74, 6) is 0.115. The van der Waals surface area contributed by atoms with Crippen molar-refractivity contribution in [3.05, 3.63) is 25.0 Å². The second kappa shape index (κ2) is 5.75. The molecule has 0 spiro atoms. The quantitative estimate of drug-likeness (QED) is 0.487. The van der Waals surface area contributed by atoms with Crippen molar-refractivity contribution in [2.75, 3.05) is 5.75 Å². The average molecular weight is 208 g/mol. The van der Waals surface area contributed by atoms with Crippen LogP contribution >= 0.6 is 0 Å². The van der Waals surface area contributed by atoms with Gasteiger partial charge in [0.05, 0.1) is 5.75 Å². The van der Waals surface area contributed by atoms with Crippen molar-refractivity contribution < 1.29 is 17.0 Å². The predicted octanol–water partition coefficient (Wildman–Crippen LogP) is 1.78. The minimum atomic E-state index is -3.17. The fraction of sp³-hybridized carbons (Fsp3) is 0.500. The molecule has 1 rings (SSSR count). The number of allylic oxidation sites excluding steroid dienone is 2. The van der Waals surface area contributed by atoms with Crippen molar-refractivity contribution in [3.8, 4) is 0 Å². The first-order valence-electron chi connectivity index (χ1n) is 3.80. The summed E-state index contributed by atoms with van der Waals surface area (Å²) in [4.78, 5) is 0. The van der Waals surface area contributed by atoms with Crippen LogP contribution in [0.4, 0.5) is 4.39 Å². The van der Waals surface area contributed by atoms with E-state index < -0.39 is 16.3 Å². The normalized spacial score (nSPS) is 20.5. The first kappa shape index (κ1) is 12.2. The molecule has 0 amide bonds. The van der Waals surface area contributed by atoms with E-state index in [1.807, 2.05) is 0 Å². The summed E-state index contributed by atoms with van der Waals surface area (Å²) >= 11 is 0. The topological polar surface area (TPSA) is 43.4 Å². The first-order valence-corrected chi connectivity index (χ1v) is 5.38. The summed E-state index contributed by atoms with van der Waals surface area (Å²) in [5.41, 5.74) is 0. The van der Waals surface area contributed by atoms with Crippen LogP contribution < -0.4 is 0 Å². The van der Waals surface area contributed by atoms with Crippen LogP contribution in [0.1, 0.15) is 13.3 Å². The lowest BCUT2D eigenvalue weighted by Crippen LogP contribution is -2.09. The Bertz CT molecular complexity index is 267. The summed E-state index contributed by atoms with van der Waals surface area (Å²) in [7, 11) is -3.17. The summed E-state index contributed by atoms with van der Waals surface area (Å²) in [5, 5.41) is 0. The van der Waals surface area contributed by atoms with Gasteiger partial charge in [-0.1, -0.05) is 6.08 Å². The largest absolute Gasteiger partial charge is 0.391 e. The molecule has 76 valence electrons. The molecule has 0 saturated carbocycles. The van der Waals surface area contributed by atoms with E-state index in [9.17, 15) is 12.8 Å². The third-order valence-electron chi connectivity index (χ3n) is 1.16. The molecule has 1 unspecified atom stereocenters. The molecule has 3 nitrogen and oxygen atoms in total. The maximum atomic E-state index is 11.3. The highest BCUT2D eigenvalue weighted by Gasteiger charge is 2.10. The van der Waals surface area contributed by atoms with E-state index >= 15 is 0 Å². The molecule has 0 aromatic carbocycles. The highest BCUT2D eigenvalue weighted by molar-refractivity contribution is 7.86. The van der Waals surface area contributed by atoms with E-state index in [0.29, 0.717) is 6.42 Å². The van der Waals surface area contributed by atoms with Crippen LogP contribution in [-0.4, -0.2) is 20.3 Å². The molecule has 1 atom stereocenters. The lowest BCUT2D eigenvalue weighted by molar-refractivity contribution is 0.431. The number of rotatable bonds is 1. The van der Waals surface area contributed by atoms with Crippen molar-refractivity contribution in [2.24, 2.45) is 0 Å². The van der Waals surface area contributed by atoms with Crippen molar-refractivity contribution in [1.82, 2.24) is 0 Å². The monoisotopic (exact) mass is 208 g/mol. The van der Waals surface area contributed by atoms with Crippen molar-refractivity contribution >= 4 is 10.1 Å². The highest BCUT2D eigenvalue weighted by atomic mass is 32.2. The van der Waals surface area contributed by atoms with Crippen LogP contribution in [0.15, 0.2) is 25.0 Å². The molecule has 5 heteroatoms. The van der Waals surface area contributed by atoms with Gasteiger partial charge < -0.3 is 4.18 Å². The zero-order valence-corrected chi connectivity index (χ0v) is 8.26. The molecule has 1 aliphatic rings. The van der Waals surface area contributed by atoms with E-state index in [2.05, 4.69) is 10.8 Å². The summed E-state index contributed by atoms with van der Waals surface area (Å²) < 4.78 is 36.3. The van der Waals surface area contributed by atoms with Gasteiger partial charge in [0.2, 0.25) is 0 Å². The van der Waals surface area contributed by atoms with Crippen LogP contribution in [-0.2, 0) is 14.3 Å². The summed E-state index contributed by atoms with van der Waals surface area (Å²) in [6.07, 6.45) is 3.86. The van der Waals surface area contributed by atoms with E-state index in [0.717, 1.165) is 0 Å². The smallest absolute Gasteiger partial charge is 0.308 e. The van der Waals surface area contributed by atoms with Crippen LogP contribution in [0.3, 0.4) is 0 Å². The Morgan fingerprint density at radius 1 is 1.69 bits per heavy atom. The van der Waals surface area contributed by atoms with Gasteiger partial charge in [-0.25, -0.2) is 4.39 Å². The van der Waals surface area contributed by atoms with Gasteiger partial charge in [-0.05, 0) is 19.4 Å². The Labute approximate surface area is 78.0 Å². The van der Waals surface area contributed by atoms with Crippen LogP contribution in [0, 0.1) is 0 Å². The number of alkyl halides is 1. The van der Waals surface area contributed by atoms with E-state index in [4.69, 9.17) is 0 Å². The molecule has 0 N–H and O–H groups in total. The molecule has 0 saturated heterocycles. The molecule has 0 radical (unpaired) electrons. The average Bonchev–Trinajstić information content (AvgIpc) is 2.05. The van der Waals surface area contributed by atoms with Crippen molar-refractivity contribution in [3.63, 3.8) is 0 Å². The Hall–Kier alpha value is -0.840. The van der Waals surface area contributed by atoms with Gasteiger partial charge in [0.15, 0.2) is 0 Å². The second-order valence-electron chi connectivity index (χ2n) is 2.43. The molecular weight excluding hydrogens is 195 g/mol. The van der Waals surface area contributed by atoms with Gasteiger partial charge in [0, 0.05) is 0 Å². The fourth-order valence-corrected chi connectivity index (χ4v) is 1.22. The van der Waals surface area contributed by atoms with Gasteiger partial charge in [0.1, 0.15) is 12.4 Å². The van der Waals surface area contributed by atoms with Crippen LogP contribution in [0.2, 0.25) is 0 Å². The lowest BCUT2D eigenvalue weighted by Gasteiger charge is -2.03. The van der Waals surface area contributed by atoms with E-state index in [1.54, 1.807) is 6.08 Å². The number of halogens is 1. The van der Waals surface area contributed by atoms with Gasteiger partial charge >= 0.3 is 10.1 Å². The second-order valence-corrected chi connectivity index (χ2v) is 4.15. The SMILES string of the molecule is C=CC(C)F.O=S1(=O)CCC=CO1. The Balaban J connectivity index is 0.000000252. The van der Waals surface area contributed by atoms with Gasteiger partial charge in [-0.15, -0.1) is 6.58 Å². The van der Waals surface area contributed by atoms with Crippen molar-refractivity contribution in [1.29, 1.82) is 0 Å². The Morgan fingerprint density at radius 2 is 2.23 bits per heavy atom. The maximum Gasteiger partial charge on any atom is 0.308 e. The molecule has 13 heavy (non-hydrogen) atoms. The minimum Gasteiger partial charge on any atom is -0.391 e. The minimum absolute atomic E-state index is 0.115. The molecule has 0 fully saturated rings. The van der Waals surface area contributed by atoms with Gasteiger partial charge in [-0.2, -0.15) is 8.42 Å². The zero-order valence-electron chi connectivity index (χ0n) is 7.44. The third kappa shape index (κ3) is 7.52. The zero-order chi connectivity index (χ0) is 10.3. The molecular formula is C8H13FO3S. The lowest BCUT2D eigenvalue weighted by atomic mass is 10.4. The van der Waals surface area contributed by atoms with Crippen LogP contribution in [0.25, 0.3) is 0 Å². The van der Waals surface area contributed by atoms with Crippen molar-refractivity contribution in [2.45, 2.75) is 19.5 Å². The standard InChI is InChI=1S/C4H7F.C4H6O3S/c1-3-4(2)5;5-8(6)4-2-1-3-7-8/h3-4H,1H2,2H3;1,3H,2,4H2. The molecule has 0 aliphatic carbocycles. The molecule has 0 aromatic heterocycles. The predicted molar refractivity (Wildman–Crippen MR) is 49.4 cm³/mol. The molecule has 0 aromatic rings. The fourth-order valence-electron chi connectivity index (χ4n) is 0.452. The first-order chi connectivity index (χ1) is 5.98. The number of hydrogen-bond donors (Lipinski definition) is 0. The van der Waals surface area contributed by atoms with E-state index in [-0.39, 0.29) is 5.75 Å². The summed E-state index contributed by atoms with van der Waals surface area (Å²) in [6, 6.07) is 0. The van der Waals surface area contributed by atoms with Gasteiger partial charge in [-0.3, -0.25) is 0 Å². The summed E-state index contributed by atoms with van der Waals surface area (Å²) in [6.45, 7) is 4.62. The molecule has 1 heterocycles. The Morgan fingerprint density at radius 3 is 2.38 bits per heavy atom. The maximum absolute atomic E-state index is 11.3. The number of hydrogen-bond acceptors (Lipinski definition) is 3. The van der Waals surface area contributed by atoms with Crippen LogP contribution in [0.5, 0.6) is 0 Å². The van der Waals surface area contributed by atoms with Gasteiger partial charge in [0.25, 0.3) is 0 Å². The van der Waals surface area contributed by atoms with E-state index in [1.165, 1.54) is 19.3 Å².